The molecule has 12 heteroatoms. The van der Waals surface area contributed by atoms with Gasteiger partial charge in [-0.05, 0) is 30.3 Å². The molecule has 2 aliphatic rings. The van der Waals surface area contributed by atoms with Crippen molar-refractivity contribution < 1.29 is 23.1 Å². The van der Waals surface area contributed by atoms with E-state index in [4.69, 9.17) is 16.3 Å². The van der Waals surface area contributed by atoms with Crippen molar-refractivity contribution >= 4 is 51.7 Å². The number of amidine groups is 1. The molecule has 0 bridgehead atoms. The normalized spacial score (nSPS) is 20.1. The van der Waals surface area contributed by atoms with Crippen LogP contribution in [0.4, 0.5) is 20.2 Å². The Morgan fingerprint density at radius 1 is 1.31 bits per heavy atom. The van der Waals surface area contributed by atoms with Gasteiger partial charge in [0.1, 0.15) is 23.5 Å². The van der Waals surface area contributed by atoms with E-state index >= 15 is 0 Å². The van der Waals surface area contributed by atoms with Crippen molar-refractivity contribution in [3.63, 3.8) is 0 Å². The number of carbonyl (C=O) groups excluding carboxylic acids is 2. The zero-order chi connectivity index (χ0) is 22.8. The molecule has 0 spiro atoms. The van der Waals surface area contributed by atoms with Crippen LogP contribution in [0.5, 0.6) is 5.75 Å². The molecule has 168 valence electrons. The van der Waals surface area contributed by atoms with Crippen LogP contribution in [0, 0.1) is 17.6 Å². The van der Waals surface area contributed by atoms with E-state index in [1.165, 1.54) is 12.0 Å². The molecule has 2 aromatic rings. The Morgan fingerprint density at radius 3 is 2.75 bits per heavy atom. The summed E-state index contributed by atoms with van der Waals surface area (Å²) in [6, 6.07) is 7.62. The maximum Gasteiger partial charge on any atom is 0.241 e. The van der Waals surface area contributed by atoms with Gasteiger partial charge in [-0.2, -0.15) is 0 Å². The summed E-state index contributed by atoms with van der Waals surface area (Å²) in [7, 11) is 1.49. The molecule has 2 heterocycles. The molecule has 1 saturated heterocycles. The van der Waals surface area contributed by atoms with Crippen molar-refractivity contribution in [3.05, 3.63) is 53.1 Å². The number of carbonyl (C=O) groups is 2. The number of aliphatic imine (C=N–C) groups is 1. The second-order valence-corrected chi connectivity index (χ2v) is 8.33. The van der Waals surface area contributed by atoms with Gasteiger partial charge in [-0.25, -0.2) is 19.2 Å². The molecule has 0 aromatic heterocycles. The van der Waals surface area contributed by atoms with E-state index in [1.54, 1.807) is 18.2 Å². The zero-order valence-electron chi connectivity index (χ0n) is 16.7. The van der Waals surface area contributed by atoms with Crippen molar-refractivity contribution in [2.75, 3.05) is 29.6 Å². The highest BCUT2D eigenvalue weighted by atomic mass is 35.5. The number of amides is 2. The predicted molar refractivity (Wildman–Crippen MR) is 119 cm³/mol. The van der Waals surface area contributed by atoms with Crippen molar-refractivity contribution in [1.82, 2.24) is 10.9 Å². The molecule has 2 aromatic carbocycles. The van der Waals surface area contributed by atoms with Crippen LogP contribution < -0.4 is 25.8 Å². The Morgan fingerprint density at radius 2 is 2.06 bits per heavy atom. The Balaban J connectivity index is 1.54. The van der Waals surface area contributed by atoms with E-state index in [1.807, 2.05) is 0 Å². The fourth-order valence-corrected chi connectivity index (χ4v) is 4.45. The number of halogens is 3. The van der Waals surface area contributed by atoms with Crippen LogP contribution in [0.2, 0.25) is 5.02 Å². The summed E-state index contributed by atoms with van der Waals surface area (Å²) in [6.07, 6.45) is -0.477. The van der Waals surface area contributed by atoms with Gasteiger partial charge in [-0.1, -0.05) is 23.4 Å². The van der Waals surface area contributed by atoms with Crippen LogP contribution in [0.3, 0.4) is 0 Å². The lowest BCUT2D eigenvalue weighted by Crippen LogP contribution is -2.49. The van der Waals surface area contributed by atoms with Crippen LogP contribution in [-0.4, -0.2) is 42.6 Å². The summed E-state index contributed by atoms with van der Waals surface area (Å²) >= 11 is 7.26. The average Bonchev–Trinajstić information content (AvgIpc) is 3.20. The third-order valence-corrected chi connectivity index (χ3v) is 6.05. The van der Waals surface area contributed by atoms with Crippen molar-refractivity contribution in [2.24, 2.45) is 10.9 Å². The number of hydrogen-bond acceptors (Lipinski definition) is 7. The zero-order valence-corrected chi connectivity index (χ0v) is 18.3. The number of ether oxygens (including phenoxy) is 1. The third-order valence-electron chi connectivity index (χ3n) is 4.80. The summed E-state index contributed by atoms with van der Waals surface area (Å²) in [5.41, 5.74) is 6.32. The lowest BCUT2D eigenvalue weighted by molar-refractivity contribution is -0.121. The molecular weight excluding hydrogens is 464 g/mol. The maximum absolute atomic E-state index is 13.4. The molecule has 0 radical (unpaired) electrons. The number of rotatable bonds is 5. The average molecular weight is 482 g/mol. The largest absolute Gasteiger partial charge is 0.495 e. The van der Waals surface area contributed by atoms with Gasteiger partial charge in [0.2, 0.25) is 11.8 Å². The summed E-state index contributed by atoms with van der Waals surface area (Å²) in [6.45, 7) is 0.400. The fraction of sp³-hybridized carbons (Fsp3) is 0.250. The lowest BCUT2D eigenvalue weighted by Gasteiger charge is -2.32. The molecule has 8 nitrogen and oxygen atoms in total. The van der Waals surface area contributed by atoms with E-state index < -0.39 is 29.6 Å². The Hall–Kier alpha value is -2.73. The molecule has 32 heavy (non-hydrogen) atoms. The number of hydrazine groups is 1. The first kappa shape index (κ1) is 22.5. The smallest absolute Gasteiger partial charge is 0.241 e. The second-order valence-electron chi connectivity index (χ2n) is 6.98. The van der Waals surface area contributed by atoms with Gasteiger partial charge < -0.3 is 10.1 Å². The minimum Gasteiger partial charge on any atom is -0.495 e. The van der Waals surface area contributed by atoms with Gasteiger partial charge >= 0.3 is 0 Å². The van der Waals surface area contributed by atoms with E-state index in [0.29, 0.717) is 29.1 Å². The van der Waals surface area contributed by atoms with E-state index in [9.17, 15) is 18.4 Å². The van der Waals surface area contributed by atoms with Crippen LogP contribution in [0.25, 0.3) is 0 Å². The standard InChI is InChI=1S/C20H18ClF2N5O3S/c1-31-16-3-2-13(7-15(16)21)28-19(30)14-8-24-27-18(14)26-20(28)32-9-17(29)25-12-5-10(22)4-11(23)6-12/h2-7,14,18,24,27H,8-9H2,1H3,(H,25,29). The first-order chi connectivity index (χ1) is 15.4. The molecule has 2 amide bonds. The van der Waals surface area contributed by atoms with E-state index in [-0.39, 0.29) is 22.5 Å². The third kappa shape index (κ3) is 4.70. The van der Waals surface area contributed by atoms with Gasteiger partial charge in [0, 0.05) is 18.3 Å². The van der Waals surface area contributed by atoms with Crippen molar-refractivity contribution in [1.29, 1.82) is 0 Å². The number of nitrogens with one attached hydrogen (secondary N) is 3. The Bertz CT molecular complexity index is 1080. The van der Waals surface area contributed by atoms with E-state index in [2.05, 4.69) is 21.2 Å². The van der Waals surface area contributed by atoms with Crippen molar-refractivity contribution in [2.45, 2.75) is 6.17 Å². The molecule has 0 aliphatic carbocycles. The summed E-state index contributed by atoms with van der Waals surface area (Å²) < 4.78 is 31.9. The number of anilines is 2. The number of thioether (sulfide) groups is 1. The first-order valence-corrected chi connectivity index (χ1v) is 10.8. The highest BCUT2D eigenvalue weighted by molar-refractivity contribution is 8.14. The topological polar surface area (TPSA) is 95.1 Å². The number of methoxy groups -OCH3 is 1. The Kier molecular flexibility index (Phi) is 6.60. The number of nitrogens with zero attached hydrogens (tertiary/aromatic N) is 2. The van der Waals surface area contributed by atoms with Crippen LogP contribution in [0.15, 0.2) is 41.4 Å². The molecule has 0 saturated carbocycles. The first-order valence-electron chi connectivity index (χ1n) is 9.48. The molecule has 3 N–H and O–H groups in total. The maximum atomic E-state index is 13.4. The Labute approximate surface area is 191 Å². The molecule has 1 fully saturated rings. The lowest BCUT2D eigenvalue weighted by atomic mass is 10.0. The van der Waals surface area contributed by atoms with E-state index in [0.717, 1.165) is 23.9 Å². The molecular formula is C20H18ClF2N5O3S. The predicted octanol–water partition coefficient (Wildman–Crippen LogP) is 2.75. The highest BCUT2D eigenvalue weighted by Gasteiger charge is 2.42. The SMILES string of the molecule is COc1ccc(N2C(=O)C3CNNC3N=C2SCC(=O)Nc2cc(F)cc(F)c2)cc1Cl. The molecule has 2 aliphatic heterocycles. The summed E-state index contributed by atoms with van der Waals surface area (Å²) in [5.74, 6) is -2.44. The highest BCUT2D eigenvalue weighted by Crippen LogP contribution is 2.34. The molecule has 2 atom stereocenters. The van der Waals surface area contributed by atoms with Gasteiger partial charge in [-0.15, -0.1) is 0 Å². The summed E-state index contributed by atoms with van der Waals surface area (Å²) in [4.78, 5) is 31.5. The van der Waals surface area contributed by atoms with Gasteiger partial charge in [0.25, 0.3) is 0 Å². The van der Waals surface area contributed by atoms with Crippen LogP contribution in [0.1, 0.15) is 0 Å². The fourth-order valence-electron chi connectivity index (χ4n) is 3.35. The number of benzene rings is 2. The second kappa shape index (κ2) is 9.41. The van der Waals surface area contributed by atoms with Gasteiger partial charge in [0.05, 0.1) is 29.5 Å². The van der Waals surface area contributed by atoms with Gasteiger partial charge in [0.15, 0.2) is 5.17 Å². The van der Waals surface area contributed by atoms with Crippen molar-refractivity contribution in [3.8, 4) is 5.75 Å². The van der Waals surface area contributed by atoms with Gasteiger partial charge in [-0.3, -0.25) is 19.9 Å². The molecule has 4 rings (SSSR count). The quantitative estimate of drug-likeness (QED) is 0.608. The summed E-state index contributed by atoms with van der Waals surface area (Å²) in [5, 5.41) is 3.04. The van der Waals surface area contributed by atoms with Crippen LogP contribution >= 0.6 is 23.4 Å². The minimum atomic E-state index is -0.802. The van der Waals surface area contributed by atoms with Crippen LogP contribution in [-0.2, 0) is 9.59 Å². The number of fused-ring (bicyclic) bond motifs is 1. The number of hydrogen-bond donors (Lipinski definition) is 3. The molecule has 2 unspecified atom stereocenters. The monoisotopic (exact) mass is 481 g/mol. The minimum absolute atomic E-state index is 0.00437.